The number of para-hydroxylation sites is 1. The highest BCUT2D eigenvalue weighted by atomic mass is 16.5. The smallest absolute Gasteiger partial charge is 0.336 e. The maximum Gasteiger partial charge on any atom is 0.336 e. The summed E-state index contributed by atoms with van der Waals surface area (Å²) in [5.41, 5.74) is 1.83. The van der Waals surface area contributed by atoms with Gasteiger partial charge in [0, 0.05) is 12.2 Å². The van der Waals surface area contributed by atoms with Crippen LogP contribution in [0, 0.1) is 0 Å². The molecule has 0 spiro atoms. The predicted octanol–water partition coefficient (Wildman–Crippen LogP) is 4.23. The minimum Gasteiger partial charge on any atom is -0.478 e. The Hall–Kier alpha value is -3.68. The van der Waals surface area contributed by atoms with Gasteiger partial charge in [0.15, 0.2) is 0 Å². The third-order valence-electron chi connectivity index (χ3n) is 4.98. The number of carboxylic acids is 1. The van der Waals surface area contributed by atoms with Crippen molar-refractivity contribution in [2.75, 3.05) is 32.0 Å². The lowest BCUT2D eigenvalue weighted by Gasteiger charge is -2.18. The third kappa shape index (κ3) is 8.07. The van der Waals surface area contributed by atoms with Gasteiger partial charge in [-0.05, 0) is 74.6 Å². The van der Waals surface area contributed by atoms with E-state index in [1.165, 1.54) is 0 Å². The van der Waals surface area contributed by atoms with Crippen molar-refractivity contribution in [2.45, 2.75) is 13.0 Å². The quantitative estimate of drug-likeness (QED) is 0.360. The second kappa shape index (κ2) is 12.4. The number of hydrogen-bond donors (Lipinski definition) is 3. The van der Waals surface area contributed by atoms with E-state index in [-0.39, 0.29) is 12.5 Å². The van der Waals surface area contributed by atoms with Crippen LogP contribution in [-0.4, -0.2) is 48.6 Å². The number of benzene rings is 3. The SMILES string of the molecule is CN(CCCNCC(=O)Nc1ccc(Oc2ccccc2)cc1)Cc1ccccc1C(=O)O. The predicted molar refractivity (Wildman–Crippen MR) is 129 cm³/mol. The molecule has 3 aromatic rings. The van der Waals surface area contributed by atoms with E-state index in [4.69, 9.17) is 4.74 Å². The Morgan fingerprint density at radius 2 is 1.58 bits per heavy atom. The second-order valence-electron chi connectivity index (χ2n) is 7.72. The summed E-state index contributed by atoms with van der Waals surface area (Å²) >= 11 is 0. The van der Waals surface area contributed by atoms with Crippen LogP contribution in [0.15, 0.2) is 78.9 Å². The van der Waals surface area contributed by atoms with E-state index >= 15 is 0 Å². The Morgan fingerprint density at radius 1 is 0.909 bits per heavy atom. The van der Waals surface area contributed by atoms with Crippen molar-refractivity contribution in [2.24, 2.45) is 0 Å². The summed E-state index contributed by atoms with van der Waals surface area (Å²) in [5, 5.41) is 15.3. The molecule has 0 aliphatic rings. The van der Waals surface area contributed by atoms with Crippen LogP contribution in [0.4, 0.5) is 5.69 Å². The lowest BCUT2D eigenvalue weighted by atomic mass is 10.1. The first kappa shape index (κ1) is 24.0. The number of carboxylic acid groups (broad SMARTS) is 1. The summed E-state index contributed by atoms with van der Waals surface area (Å²) < 4.78 is 5.75. The summed E-state index contributed by atoms with van der Waals surface area (Å²) in [6.07, 6.45) is 0.838. The highest BCUT2D eigenvalue weighted by Crippen LogP contribution is 2.22. The minimum absolute atomic E-state index is 0.115. The molecule has 0 fully saturated rings. The van der Waals surface area contributed by atoms with Crippen LogP contribution in [0.2, 0.25) is 0 Å². The zero-order chi connectivity index (χ0) is 23.5. The monoisotopic (exact) mass is 447 g/mol. The summed E-state index contributed by atoms with van der Waals surface area (Å²) in [6, 6.07) is 23.8. The standard InChI is InChI=1S/C26H29N3O4/c1-29(19-20-8-5-6-11-24(20)26(31)32)17-7-16-27-18-25(30)28-21-12-14-23(15-13-21)33-22-9-3-2-4-10-22/h2-6,8-15,27H,7,16-19H2,1H3,(H,28,30)(H,31,32). The molecule has 1 amide bonds. The Kier molecular flexibility index (Phi) is 8.99. The topological polar surface area (TPSA) is 90.9 Å². The van der Waals surface area contributed by atoms with Gasteiger partial charge >= 0.3 is 5.97 Å². The second-order valence-corrected chi connectivity index (χ2v) is 7.72. The van der Waals surface area contributed by atoms with Gasteiger partial charge in [-0.15, -0.1) is 0 Å². The molecular weight excluding hydrogens is 418 g/mol. The maximum atomic E-state index is 12.2. The summed E-state index contributed by atoms with van der Waals surface area (Å²) in [7, 11) is 1.95. The number of aromatic carboxylic acids is 1. The van der Waals surface area contributed by atoms with Crippen LogP contribution in [-0.2, 0) is 11.3 Å². The van der Waals surface area contributed by atoms with Gasteiger partial charge in [0.1, 0.15) is 11.5 Å². The number of nitrogens with one attached hydrogen (secondary N) is 2. The van der Waals surface area contributed by atoms with Crippen molar-refractivity contribution in [3.63, 3.8) is 0 Å². The molecule has 0 aromatic heterocycles. The zero-order valence-corrected chi connectivity index (χ0v) is 18.7. The largest absolute Gasteiger partial charge is 0.478 e. The van der Waals surface area contributed by atoms with Crippen molar-refractivity contribution in [1.82, 2.24) is 10.2 Å². The summed E-state index contributed by atoms with van der Waals surface area (Å²) in [5.74, 6) is 0.433. The number of anilines is 1. The fraction of sp³-hybridized carbons (Fsp3) is 0.231. The molecule has 3 N–H and O–H groups in total. The third-order valence-corrected chi connectivity index (χ3v) is 4.98. The molecule has 0 aliphatic heterocycles. The van der Waals surface area contributed by atoms with Crippen molar-refractivity contribution < 1.29 is 19.4 Å². The fourth-order valence-electron chi connectivity index (χ4n) is 3.35. The molecule has 7 nitrogen and oxygen atoms in total. The van der Waals surface area contributed by atoms with Crippen molar-refractivity contribution in [3.05, 3.63) is 90.0 Å². The van der Waals surface area contributed by atoms with Gasteiger partial charge in [0.25, 0.3) is 0 Å². The number of hydrogen-bond acceptors (Lipinski definition) is 5. The fourth-order valence-corrected chi connectivity index (χ4v) is 3.35. The van der Waals surface area contributed by atoms with E-state index < -0.39 is 5.97 Å². The van der Waals surface area contributed by atoms with Gasteiger partial charge in [0.2, 0.25) is 5.91 Å². The van der Waals surface area contributed by atoms with Crippen molar-refractivity contribution >= 4 is 17.6 Å². The Balaban J connectivity index is 1.32. The molecule has 3 aromatic carbocycles. The van der Waals surface area contributed by atoms with Crippen LogP contribution in [0.25, 0.3) is 0 Å². The van der Waals surface area contributed by atoms with Gasteiger partial charge in [-0.3, -0.25) is 4.79 Å². The average Bonchev–Trinajstić information content (AvgIpc) is 2.81. The van der Waals surface area contributed by atoms with Gasteiger partial charge in [0.05, 0.1) is 12.1 Å². The Labute approximate surface area is 194 Å². The number of carbonyl (C=O) groups excluding carboxylic acids is 1. The molecule has 3 rings (SSSR count). The Morgan fingerprint density at radius 3 is 2.30 bits per heavy atom. The first-order valence-corrected chi connectivity index (χ1v) is 10.8. The van der Waals surface area contributed by atoms with Crippen LogP contribution in [0.5, 0.6) is 11.5 Å². The molecule has 7 heteroatoms. The van der Waals surface area contributed by atoms with Crippen molar-refractivity contribution in [1.29, 1.82) is 0 Å². The number of rotatable bonds is 12. The molecule has 172 valence electrons. The number of carbonyl (C=O) groups is 2. The highest BCUT2D eigenvalue weighted by molar-refractivity contribution is 5.92. The Bertz CT molecular complexity index is 1040. The van der Waals surface area contributed by atoms with Crippen LogP contribution in [0.3, 0.4) is 0 Å². The number of ether oxygens (including phenoxy) is 1. The molecular formula is C26H29N3O4. The average molecular weight is 448 g/mol. The van der Waals surface area contributed by atoms with E-state index in [2.05, 4.69) is 15.5 Å². The van der Waals surface area contributed by atoms with E-state index in [0.717, 1.165) is 24.3 Å². The molecule has 0 atom stereocenters. The first-order chi connectivity index (χ1) is 16.0. The lowest BCUT2D eigenvalue weighted by molar-refractivity contribution is -0.115. The number of amides is 1. The van der Waals surface area contributed by atoms with E-state index in [1.807, 2.05) is 61.6 Å². The number of nitrogens with zero attached hydrogens (tertiary/aromatic N) is 1. The van der Waals surface area contributed by atoms with E-state index in [9.17, 15) is 14.7 Å². The van der Waals surface area contributed by atoms with E-state index in [0.29, 0.717) is 30.1 Å². The molecule has 0 unspecified atom stereocenters. The molecule has 0 bridgehead atoms. The van der Waals surface area contributed by atoms with Crippen LogP contribution < -0.4 is 15.4 Å². The minimum atomic E-state index is -0.912. The maximum absolute atomic E-state index is 12.2. The first-order valence-electron chi connectivity index (χ1n) is 10.8. The van der Waals surface area contributed by atoms with Crippen LogP contribution >= 0.6 is 0 Å². The van der Waals surface area contributed by atoms with Gasteiger partial charge < -0.3 is 25.4 Å². The summed E-state index contributed by atoms with van der Waals surface area (Å²) in [4.78, 5) is 25.5. The molecule has 0 aliphatic carbocycles. The van der Waals surface area contributed by atoms with Crippen LogP contribution in [0.1, 0.15) is 22.3 Å². The van der Waals surface area contributed by atoms with Gasteiger partial charge in [-0.1, -0.05) is 36.4 Å². The normalized spacial score (nSPS) is 10.7. The molecule has 0 saturated heterocycles. The van der Waals surface area contributed by atoms with Gasteiger partial charge in [-0.25, -0.2) is 4.79 Å². The lowest BCUT2D eigenvalue weighted by Crippen LogP contribution is -2.30. The molecule has 0 heterocycles. The zero-order valence-electron chi connectivity index (χ0n) is 18.7. The highest BCUT2D eigenvalue weighted by Gasteiger charge is 2.10. The van der Waals surface area contributed by atoms with Gasteiger partial charge in [-0.2, -0.15) is 0 Å². The molecule has 0 radical (unpaired) electrons. The molecule has 0 saturated carbocycles. The van der Waals surface area contributed by atoms with Crippen molar-refractivity contribution in [3.8, 4) is 11.5 Å². The van der Waals surface area contributed by atoms with E-state index in [1.54, 1.807) is 24.3 Å². The molecule has 33 heavy (non-hydrogen) atoms. The summed E-state index contributed by atoms with van der Waals surface area (Å²) in [6.45, 7) is 2.24.